The van der Waals surface area contributed by atoms with Crippen LogP contribution < -0.4 is 0 Å². The lowest BCUT2D eigenvalue weighted by Crippen LogP contribution is -2.28. The largest absolute Gasteiger partial charge is 0.344 e. The number of aliphatic imine (C=N–C) groups is 1. The molecule has 1 fully saturated rings. The lowest BCUT2D eigenvalue weighted by atomic mass is 10.6. The Morgan fingerprint density at radius 2 is 1.91 bits per heavy atom. The van der Waals surface area contributed by atoms with E-state index in [1.807, 2.05) is 0 Å². The van der Waals surface area contributed by atoms with Crippen molar-refractivity contribution in [3.8, 4) is 0 Å². The zero-order valence-corrected chi connectivity index (χ0v) is 8.63. The van der Waals surface area contributed by atoms with Gasteiger partial charge in [0.2, 0.25) is 0 Å². The summed E-state index contributed by atoms with van der Waals surface area (Å²) in [5, 5.41) is 0.943. The topological polar surface area (TPSA) is 18.8 Å². The third-order valence-electron chi connectivity index (χ3n) is 1.79. The van der Waals surface area contributed by atoms with Crippen molar-refractivity contribution in [1.29, 1.82) is 0 Å². The first-order chi connectivity index (χ1) is 5.25. The summed E-state index contributed by atoms with van der Waals surface area (Å²) in [7, 11) is 4.16. The molecule has 0 aromatic carbocycles. The Morgan fingerprint density at radius 3 is 2.36 bits per heavy atom. The molecule has 1 aliphatic rings. The van der Waals surface area contributed by atoms with E-state index in [1.165, 1.54) is 0 Å². The fraction of sp³-hybridized carbons (Fsp3) is 0.857. The van der Waals surface area contributed by atoms with Crippen molar-refractivity contribution < 1.29 is 0 Å². The maximum absolute atomic E-state index is 4.43. The second-order valence-corrected chi connectivity index (χ2v) is 3.51. The first-order valence-electron chi connectivity index (χ1n) is 3.78. The summed E-state index contributed by atoms with van der Waals surface area (Å²) in [5.41, 5.74) is 0. The average Bonchev–Trinajstić information content (AvgIpc) is 2.29. The van der Waals surface area contributed by atoms with Gasteiger partial charge in [0, 0.05) is 32.5 Å². The van der Waals surface area contributed by atoms with Gasteiger partial charge in [-0.1, -0.05) is 15.9 Å². The third kappa shape index (κ3) is 2.09. The number of likely N-dealkylation sites (N-methyl/N-ethyl adjacent to an activating group) is 2. The molecule has 1 heterocycles. The molecule has 0 aromatic heterocycles. The van der Waals surface area contributed by atoms with Gasteiger partial charge in [0.15, 0.2) is 5.96 Å². The average molecular weight is 220 g/mol. The van der Waals surface area contributed by atoms with Crippen LogP contribution in [-0.4, -0.2) is 54.8 Å². The summed E-state index contributed by atoms with van der Waals surface area (Å²) in [5.74, 6) is 1.12. The van der Waals surface area contributed by atoms with E-state index < -0.39 is 0 Å². The van der Waals surface area contributed by atoms with Crippen LogP contribution in [0.4, 0.5) is 0 Å². The lowest BCUT2D eigenvalue weighted by Gasteiger charge is -2.15. The molecule has 0 bridgehead atoms. The maximum atomic E-state index is 4.43. The molecule has 0 unspecified atom stereocenters. The van der Waals surface area contributed by atoms with Crippen LogP contribution in [0, 0.1) is 0 Å². The lowest BCUT2D eigenvalue weighted by molar-refractivity contribution is 0.553. The summed E-state index contributed by atoms with van der Waals surface area (Å²) >= 11 is 3.35. The predicted octanol–water partition coefficient (Wildman–Crippen LogP) is 0.615. The summed E-state index contributed by atoms with van der Waals surface area (Å²) < 4.78 is 0. The van der Waals surface area contributed by atoms with Crippen LogP contribution in [0.1, 0.15) is 0 Å². The van der Waals surface area contributed by atoms with Crippen LogP contribution >= 0.6 is 15.9 Å². The van der Waals surface area contributed by atoms with Gasteiger partial charge < -0.3 is 9.80 Å². The Balaban J connectivity index is 2.53. The van der Waals surface area contributed by atoms with Gasteiger partial charge in [-0.2, -0.15) is 0 Å². The van der Waals surface area contributed by atoms with Crippen LogP contribution in [0.15, 0.2) is 4.99 Å². The Morgan fingerprint density at radius 1 is 1.36 bits per heavy atom. The summed E-state index contributed by atoms with van der Waals surface area (Å²) in [6.45, 7) is 3.05. The fourth-order valence-corrected chi connectivity index (χ4v) is 1.35. The smallest absolute Gasteiger partial charge is 0.196 e. The molecule has 0 N–H and O–H groups in total. The zero-order chi connectivity index (χ0) is 8.27. The quantitative estimate of drug-likeness (QED) is 0.635. The number of halogens is 1. The molecule has 0 aliphatic carbocycles. The predicted molar refractivity (Wildman–Crippen MR) is 51.4 cm³/mol. The zero-order valence-electron chi connectivity index (χ0n) is 7.05. The summed E-state index contributed by atoms with van der Waals surface area (Å²) in [4.78, 5) is 8.79. The monoisotopic (exact) mass is 219 g/mol. The van der Waals surface area contributed by atoms with Gasteiger partial charge in [-0.3, -0.25) is 4.99 Å². The van der Waals surface area contributed by atoms with Crippen LogP contribution in [0.3, 0.4) is 0 Å². The molecular formula is C7H14BrN3. The standard InChI is InChI=1S/C7H14BrN3/c1-10-5-6-11(2)7(10)9-4-3-8/h3-6H2,1-2H3. The van der Waals surface area contributed by atoms with Crippen molar-refractivity contribution in [2.45, 2.75) is 0 Å². The van der Waals surface area contributed by atoms with Gasteiger partial charge in [-0.25, -0.2) is 0 Å². The van der Waals surface area contributed by atoms with Crippen molar-refractivity contribution in [1.82, 2.24) is 9.80 Å². The molecular weight excluding hydrogens is 206 g/mol. The van der Waals surface area contributed by atoms with Crippen LogP contribution in [0.25, 0.3) is 0 Å². The molecule has 0 amide bonds. The Bertz CT molecular complexity index is 146. The number of nitrogens with zero attached hydrogens (tertiary/aromatic N) is 3. The molecule has 3 nitrogen and oxygen atoms in total. The highest BCUT2D eigenvalue weighted by Crippen LogP contribution is 2.03. The van der Waals surface area contributed by atoms with Crippen molar-refractivity contribution >= 4 is 21.9 Å². The Kier molecular flexibility index (Phi) is 3.17. The minimum Gasteiger partial charge on any atom is -0.344 e. The van der Waals surface area contributed by atoms with Crippen molar-refractivity contribution in [2.75, 3.05) is 39.1 Å². The number of alkyl halides is 1. The molecule has 4 heteroatoms. The molecule has 64 valence electrons. The SMILES string of the molecule is CN1CCN(C)C1=NCCBr. The highest BCUT2D eigenvalue weighted by molar-refractivity contribution is 9.09. The molecule has 1 aliphatic heterocycles. The molecule has 0 radical (unpaired) electrons. The number of guanidine groups is 1. The fourth-order valence-electron chi connectivity index (χ4n) is 1.18. The number of hydrogen-bond acceptors (Lipinski definition) is 1. The molecule has 0 atom stereocenters. The van der Waals surface area contributed by atoms with Crippen LogP contribution in [0.2, 0.25) is 0 Å². The van der Waals surface area contributed by atoms with Gasteiger partial charge in [0.25, 0.3) is 0 Å². The van der Waals surface area contributed by atoms with E-state index in [2.05, 4.69) is 44.8 Å². The number of hydrogen-bond donors (Lipinski definition) is 0. The van der Waals surface area contributed by atoms with E-state index in [9.17, 15) is 0 Å². The minimum atomic E-state index is 0.865. The van der Waals surface area contributed by atoms with Gasteiger partial charge in [0.05, 0.1) is 6.54 Å². The van der Waals surface area contributed by atoms with E-state index in [0.717, 1.165) is 30.9 Å². The minimum absolute atomic E-state index is 0.865. The molecule has 0 saturated carbocycles. The molecule has 1 rings (SSSR count). The van der Waals surface area contributed by atoms with Gasteiger partial charge >= 0.3 is 0 Å². The number of rotatable bonds is 2. The van der Waals surface area contributed by atoms with E-state index >= 15 is 0 Å². The molecule has 0 spiro atoms. The third-order valence-corrected chi connectivity index (χ3v) is 2.15. The Hall–Kier alpha value is -0.250. The van der Waals surface area contributed by atoms with E-state index in [-0.39, 0.29) is 0 Å². The van der Waals surface area contributed by atoms with Crippen molar-refractivity contribution in [2.24, 2.45) is 4.99 Å². The highest BCUT2D eigenvalue weighted by Gasteiger charge is 2.18. The Labute approximate surface area is 76.2 Å². The molecule has 0 aromatic rings. The second-order valence-electron chi connectivity index (χ2n) is 2.71. The van der Waals surface area contributed by atoms with Crippen molar-refractivity contribution in [3.63, 3.8) is 0 Å². The van der Waals surface area contributed by atoms with Gasteiger partial charge in [-0.15, -0.1) is 0 Å². The maximum Gasteiger partial charge on any atom is 0.196 e. The summed E-state index contributed by atoms with van der Waals surface area (Å²) in [6, 6.07) is 0. The second kappa shape index (κ2) is 3.95. The first kappa shape index (κ1) is 8.84. The van der Waals surface area contributed by atoms with E-state index in [1.54, 1.807) is 0 Å². The first-order valence-corrected chi connectivity index (χ1v) is 4.90. The van der Waals surface area contributed by atoms with Crippen LogP contribution in [-0.2, 0) is 0 Å². The van der Waals surface area contributed by atoms with E-state index in [0.29, 0.717) is 0 Å². The van der Waals surface area contributed by atoms with Gasteiger partial charge in [-0.05, 0) is 0 Å². The normalized spacial score (nSPS) is 17.9. The molecule has 11 heavy (non-hydrogen) atoms. The van der Waals surface area contributed by atoms with E-state index in [4.69, 9.17) is 0 Å². The molecule has 1 saturated heterocycles. The van der Waals surface area contributed by atoms with Crippen LogP contribution in [0.5, 0.6) is 0 Å². The van der Waals surface area contributed by atoms with Crippen molar-refractivity contribution in [3.05, 3.63) is 0 Å². The highest BCUT2D eigenvalue weighted by atomic mass is 79.9. The summed E-state index contributed by atoms with van der Waals surface area (Å²) in [6.07, 6.45) is 0. The van der Waals surface area contributed by atoms with Gasteiger partial charge in [0.1, 0.15) is 0 Å².